The molecule has 1 aliphatic rings. The zero-order valence-electron chi connectivity index (χ0n) is 12.4. The van der Waals surface area contributed by atoms with Crippen molar-refractivity contribution in [2.45, 2.75) is 32.4 Å². The highest BCUT2D eigenvalue weighted by molar-refractivity contribution is 9.10. The van der Waals surface area contributed by atoms with Crippen molar-refractivity contribution in [2.75, 3.05) is 6.61 Å². The first-order chi connectivity index (χ1) is 10.4. The number of hydrogen-bond donors (Lipinski definition) is 1. The van der Waals surface area contributed by atoms with Crippen LogP contribution in [0, 0.1) is 0 Å². The Hall–Kier alpha value is -1.73. The summed E-state index contributed by atoms with van der Waals surface area (Å²) >= 11 is 3.29. The van der Waals surface area contributed by atoms with Gasteiger partial charge in [0.15, 0.2) is 0 Å². The van der Waals surface area contributed by atoms with Gasteiger partial charge in [-0.05, 0) is 31.5 Å². The fourth-order valence-corrected chi connectivity index (χ4v) is 2.58. The summed E-state index contributed by atoms with van der Waals surface area (Å²) in [5.74, 6) is -1.43. The van der Waals surface area contributed by atoms with E-state index in [0.717, 1.165) is 9.48 Å². The van der Waals surface area contributed by atoms with E-state index >= 15 is 0 Å². The number of ether oxygens (including phenoxy) is 1. The maximum atomic E-state index is 12.6. The topological polar surface area (TPSA) is 79.2 Å². The summed E-state index contributed by atoms with van der Waals surface area (Å²) in [6, 6.07) is 6.67. The van der Waals surface area contributed by atoms with E-state index in [0.29, 0.717) is 17.7 Å². The number of carbonyl (C=O) groups excluding carboxylic acids is 2. The van der Waals surface area contributed by atoms with Crippen molar-refractivity contribution in [1.82, 2.24) is 5.01 Å². The molecule has 1 aliphatic heterocycles. The molecule has 1 heterocycles. The number of halogens is 1. The second kappa shape index (κ2) is 6.58. The number of esters is 1. The fraction of sp³-hybridized carbons (Fsp3) is 0.400. The molecule has 0 bridgehead atoms. The summed E-state index contributed by atoms with van der Waals surface area (Å²) in [4.78, 5) is 24.7. The summed E-state index contributed by atoms with van der Waals surface area (Å²) in [5, 5.41) is 15.6. The van der Waals surface area contributed by atoms with Gasteiger partial charge in [-0.25, -0.2) is 4.79 Å². The first-order valence-corrected chi connectivity index (χ1v) is 7.77. The normalized spacial score (nSPS) is 20.7. The molecule has 1 amide bonds. The molecule has 22 heavy (non-hydrogen) atoms. The Kier molecular flexibility index (Phi) is 4.97. The fourth-order valence-electron chi connectivity index (χ4n) is 2.18. The van der Waals surface area contributed by atoms with Crippen LogP contribution < -0.4 is 0 Å². The predicted molar refractivity (Wildman–Crippen MR) is 84.2 cm³/mol. The predicted octanol–water partition coefficient (Wildman–Crippen LogP) is 2.31. The minimum absolute atomic E-state index is 0.0396. The van der Waals surface area contributed by atoms with Crippen LogP contribution in [-0.2, 0) is 9.53 Å². The minimum Gasteiger partial charge on any atom is -0.462 e. The Morgan fingerprint density at radius 1 is 1.45 bits per heavy atom. The van der Waals surface area contributed by atoms with Crippen LogP contribution in [0.1, 0.15) is 37.0 Å². The second-order valence-electron chi connectivity index (χ2n) is 4.86. The lowest BCUT2D eigenvalue weighted by Gasteiger charge is -2.28. The number of hydrogen-bond acceptors (Lipinski definition) is 5. The molecule has 1 aromatic rings. The van der Waals surface area contributed by atoms with E-state index in [1.807, 2.05) is 6.92 Å². The number of carbonyl (C=O) groups is 2. The van der Waals surface area contributed by atoms with Crippen LogP contribution in [0.2, 0.25) is 0 Å². The van der Waals surface area contributed by atoms with Gasteiger partial charge >= 0.3 is 5.97 Å². The molecule has 118 valence electrons. The third kappa shape index (κ3) is 3.05. The molecule has 0 fully saturated rings. The van der Waals surface area contributed by atoms with E-state index in [2.05, 4.69) is 21.0 Å². The number of nitrogens with zero attached hydrogens (tertiary/aromatic N) is 2. The number of rotatable bonds is 4. The Morgan fingerprint density at radius 2 is 2.18 bits per heavy atom. The van der Waals surface area contributed by atoms with Crippen molar-refractivity contribution >= 4 is 33.5 Å². The lowest BCUT2D eigenvalue weighted by atomic mass is 10.0. The number of aliphatic hydroxyl groups is 1. The zero-order valence-corrected chi connectivity index (χ0v) is 14.0. The lowest BCUT2D eigenvalue weighted by molar-refractivity contribution is -0.179. The summed E-state index contributed by atoms with van der Waals surface area (Å²) in [5.41, 5.74) is -1.20. The highest BCUT2D eigenvalue weighted by Crippen LogP contribution is 2.30. The Bertz CT molecular complexity index is 632. The molecule has 6 nitrogen and oxygen atoms in total. The van der Waals surface area contributed by atoms with Crippen molar-refractivity contribution in [3.05, 3.63) is 34.3 Å². The number of hydrazone groups is 1. The lowest BCUT2D eigenvalue weighted by Crippen LogP contribution is -2.53. The van der Waals surface area contributed by atoms with Crippen molar-refractivity contribution in [3.8, 4) is 0 Å². The van der Waals surface area contributed by atoms with Crippen molar-refractivity contribution in [2.24, 2.45) is 5.10 Å². The smallest absolute Gasteiger partial charge is 0.362 e. The molecule has 2 rings (SSSR count). The van der Waals surface area contributed by atoms with Gasteiger partial charge in [0.05, 0.1) is 6.61 Å². The molecule has 0 saturated carbocycles. The number of benzene rings is 1. The van der Waals surface area contributed by atoms with Gasteiger partial charge in [0.25, 0.3) is 11.6 Å². The van der Waals surface area contributed by atoms with Crippen LogP contribution in [0.15, 0.2) is 33.8 Å². The summed E-state index contributed by atoms with van der Waals surface area (Å²) in [7, 11) is 0. The highest BCUT2D eigenvalue weighted by Gasteiger charge is 2.51. The van der Waals surface area contributed by atoms with Gasteiger partial charge in [0.1, 0.15) is 0 Å². The van der Waals surface area contributed by atoms with Gasteiger partial charge < -0.3 is 9.84 Å². The molecule has 1 atom stereocenters. The molecule has 0 radical (unpaired) electrons. The average Bonchev–Trinajstić information content (AvgIpc) is 2.85. The van der Waals surface area contributed by atoms with E-state index < -0.39 is 17.6 Å². The average molecular weight is 369 g/mol. The maximum Gasteiger partial charge on any atom is 0.362 e. The molecule has 1 aromatic carbocycles. The Labute approximate surface area is 136 Å². The molecule has 1 N–H and O–H groups in total. The van der Waals surface area contributed by atoms with Gasteiger partial charge in [0.2, 0.25) is 0 Å². The third-order valence-electron chi connectivity index (χ3n) is 3.32. The van der Waals surface area contributed by atoms with E-state index in [9.17, 15) is 14.7 Å². The van der Waals surface area contributed by atoms with E-state index in [1.165, 1.54) is 0 Å². The molecule has 0 aromatic heterocycles. The molecular weight excluding hydrogens is 352 g/mol. The third-order valence-corrected chi connectivity index (χ3v) is 3.81. The van der Waals surface area contributed by atoms with E-state index in [1.54, 1.807) is 31.2 Å². The monoisotopic (exact) mass is 368 g/mol. The molecular formula is C15H17BrN2O4. The molecule has 7 heteroatoms. The molecule has 0 unspecified atom stereocenters. The minimum atomic E-state index is -2.08. The van der Waals surface area contributed by atoms with Gasteiger partial charge in [-0.3, -0.25) is 4.79 Å². The van der Waals surface area contributed by atoms with Gasteiger partial charge in [-0.2, -0.15) is 10.1 Å². The highest BCUT2D eigenvalue weighted by atomic mass is 79.9. The van der Waals surface area contributed by atoms with Crippen LogP contribution in [0.3, 0.4) is 0 Å². The standard InChI is InChI=1S/C15H17BrN2O4/c1-3-12-9-15(21,14(20)22-4-2)18(17-12)13(19)10-6-5-7-11(16)8-10/h5-8,21H,3-4,9H2,1-2H3/t15-/m1/s1. The SMILES string of the molecule is CCOC(=O)[C@]1(O)CC(CC)=NN1C(=O)c1cccc(Br)c1. The van der Waals surface area contributed by atoms with Crippen LogP contribution in [0.5, 0.6) is 0 Å². The van der Waals surface area contributed by atoms with Crippen LogP contribution >= 0.6 is 15.9 Å². The largest absolute Gasteiger partial charge is 0.462 e. The van der Waals surface area contributed by atoms with E-state index in [4.69, 9.17) is 4.74 Å². The molecule has 0 spiro atoms. The van der Waals surface area contributed by atoms with Crippen molar-refractivity contribution in [1.29, 1.82) is 0 Å². The summed E-state index contributed by atoms with van der Waals surface area (Å²) in [6.45, 7) is 3.59. The van der Waals surface area contributed by atoms with Crippen LogP contribution in [0.4, 0.5) is 0 Å². The van der Waals surface area contributed by atoms with E-state index in [-0.39, 0.29) is 13.0 Å². The maximum absolute atomic E-state index is 12.6. The van der Waals surface area contributed by atoms with Crippen molar-refractivity contribution in [3.63, 3.8) is 0 Å². The van der Waals surface area contributed by atoms with Crippen LogP contribution in [0.25, 0.3) is 0 Å². The molecule has 0 aliphatic carbocycles. The Balaban J connectivity index is 2.37. The summed E-state index contributed by atoms with van der Waals surface area (Å²) < 4.78 is 5.62. The Morgan fingerprint density at radius 3 is 2.77 bits per heavy atom. The second-order valence-corrected chi connectivity index (χ2v) is 5.78. The quantitative estimate of drug-likeness (QED) is 0.827. The molecule has 0 saturated heterocycles. The first kappa shape index (κ1) is 16.6. The zero-order chi connectivity index (χ0) is 16.3. The van der Waals surface area contributed by atoms with Crippen molar-refractivity contribution < 1.29 is 19.4 Å². The van der Waals surface area contributed by atoms with Gasteiger partial charge in [-0.15, -0.1) is 0 Å². The number of amides is 1. The van der Waals surface area contributed by atoms with Gasteiger partial charge in [-0.1, -0.05) is 28.9 Å². The van der Waals surface area contributed by atoms with Crippen LogP contribution in [-0.4, -0.2) is 40.0 Å². The first-order valence-electron chi connectivity index (χ1n) is 6.98. The van der Waals surface area contributed by atoms with Gasteiger partial charge in [0, 0.05) is 22.2 Å². The summed E-state index contributed by atoms with van der Waals surface area (Å²) in [6.07, 6.45) is 0.492.